The zero-order chi connectivity index (χ0) is 22.6. The van der Waals surface area contributed by atoms with Gasteiger partial charge in [-0.05, 0) is 30.7 Å². The average Bonchev–Trinajstić information content (AvgIpc) is 3.34. The number of sulfone groups is 1. The Morgan fingerprint density at radius 2 is 1.94 bits per heavy atom. The number of ether oxygens (including phenoxy) is 1. The van der Waals surface area contributed by atoms with Gasteiger partial charge in [0.15, 0.2) is 20.8 Å². The third-order valence-corrected chi connectivity index (χ3v) is 8.23. The molecule has 2 aliphatic heterocycles. The van der Waals surface area contributed by atoms with Gasteiger partial charge in [-0.1, -0.05) is 11.8 Å². The molecule has 3 heterocycles. The van der Waals surface area contributed by atoms with Gasteiger partial charge in [-0.25, -0.2) is 12.8 Å². The molecule has 1 aromatic carbocycles. The predicted molar refractivity (Wildman–Crippen MR) is 119 cm³/mol. The third kappa shape index (κ3) is 6.06. The van der Waals surface area contributed by atoms with Gasteiger partial charge in [0.2, 0.25) is 5.91 Å². The molecule has 1 atom stereocenters. The number of halogens is 1. The van der Waals surface area contributed by atoms with E-state index in [1.165, 1.54) is 23.9 Å². The number of nitrogens with one attached hydrogen (secondary N) is 1. The molecule has 0 aliphatic carbocycles. The highest BCUT2D eigenvalue weighted by molar-refractivity contribution is 7.99. The number of hydrogen-bond acceptors (Lipinski definition) is 8. The number of hydrogen-bond donors (Lipinski definition) is 1. The number of thioether (sulfide) groups is 1. The number of aromatic nitrogens is 3. The molecule has 32 heavy (non-hydrogen) atoms. The maximum absolute atomic E-state index is 13.4. The smallest absolute Gasteiger partial charge is 0.230 e. The van der Waals surface area contributed by atoms with Crippen molar-refractivity contribution >= 4 is 27.5 Å². The summed E-state index contributed by atoms with van der Waals surface area (Å²) >= 11 is 1.25. The minimum absolute atomic E-state index is 0.00610. The highest BCUT2D eigenvalue weighted by Crippen LogP contribution is 2.24. The van der Waals surface area contributed by atoms with E-state index in [1.54, 1.807) is 12.1 Å². The minimum Gasteiger partial charge on any atom is -0.379 e. The van der Waals surface area contributed by atoms with E-state index in [1.807, 2.05) is 4.57 Å². The molecule has 9 nitrogen and oxygen atoms in total. The van der Waals surface area contributed by atoms with E-state index in [0.29, 0.717) is 37.2 Å². The quantitative estimate of drug-likeness (QED) is 0.550. The second-order valence-electron chi connectivity index (χ2n) is 7.87. The summed E-state index contributed by atoms with van der Waals surface area (Å²) in [5, 5.41) is 11.9. The number of benzene rings is 1. The van der Waals surface area contributed by atoms with E-state index < -0.39 is 9.84 Å². The van der Waals surface area contributed by atoms with Crippen molar-refractivity contribution in [3.63, 3.8) is 0 Å². The molecular formula is C20H26FN5O4S2. The minimum atomic E-state index is -3.05. The Kier molecular flexibility index (Phi) is 7.44. The van der Waals surface area contributed by atoms with Crippen LogP contribution >= 0.6 is 11.8 Å². The second-order valence-corrected chi connectivity index (χ2v) is 11.0. The van der Waals surface area contributed by atoms with E-state index >= 15 is 0 Å². The third-order valence-electron chi connectivity index (χ3n) is 5.49. The van der Waals surface area contributed by atoms with E-state index in [9.17, 15) is 17.6 Å². The van der Waals surface area contributed by atoms with Crippen molar-refractivity contribution in [1.82, 2.24) is 25.0 Å². The normalized spacial score (nSPS) is 21.0. The summed E-state index contributed by atoms with van der Waals surface area (Å²) in [7, 11) is -3.05. The molecule has 0 unspecified atom stereocenters. The molecule has 2 saturated heterocycles. The second kappa shape index (κ2) is 10.3. The van der Waals surface area contributed by atoms with Crippen molar-refractivity contribution < 1.29 is 22.3 Å². The van der Waals surface area contributed by atoms with Crippen LogP contribution in [0.3, 0.4) is 0 Å². The molecule has 0 radical (unpaired) electrons. The van der Waals surface area contributed by atoms with E-state index in [2.05, 4.69) is 20.4 Å². The molecule has 4 rings (SSSR count). The van der Waals surface area contributed by atoms with Gasteiger partial charge < -0.3 is 14.6 Å². The lowest BCUT2D eigenvalue weighted by Gasteiger charge is -2.27. The highest BCUT2D eigenvalue weighted by Gasteiger charge is 2.29. The Bertz CT molecular complexity index is 1040. The van der Waals surface area contributed by atoms with E-state index in [0.717, 1.165) is 25.2 Å². The van der Waals surface area contributed by atoms with Crippen molar-refractivity contribution in [2.45, 2.75) is 24.2 Å². The molecule has 0 spiro atoms. The van der Waals surface area contributed by atoms with Crippen LogP contribution in [0, 0.1) is 5.82 Å². The molecule has 1 amide bonds. The Morgan fingerprint density at radius 3 is 2.62 bits per heavy atom. The molecule has 1 aromatic heterocycles. The van der Waals surface area contributed by atoms with Gasteiger partial charge in [0.05, 0.1) is 30.5 Å². The lowest BCUT2D eigenvalue weighted by molar-refractivity contribution is -0.119. The molecule has 174 valence electrons. The fourth-order valence-corrected chi connectivity index (χ4v) is 6.23. The lowest BCUT2D eigenvalue weighted by Crippen LogP contribution is -2.38. The molecule has 0 bridgehead atoms. The zero-order valence-electron chi connectivity index (χ0n) is 17.6. The molecule has 12 heteroatoms. The summed E-state index contributed by atoms with van der Waals surface area (Å²) in [5.74, 6) is 0.269. The predicted octanol–water partition coefficient (Wildman–Crippen LogP) is 0.812. The first-order valence-corrected chi connectivity index (χ1v) is 13.3. The van der Waals surface area contributed by atoms with Crippen LogP contribution in [0.1, 0.15) is 6.42 Å². The lowest BCUT2D eigenvalue weighted by atomic mass is 10.2. The van der Waals surface area contributed by atoms with Crippen LogP contribution in [0.4, 0.5) is 4.39 Å². The van der Waals surface area contributed by atoms with Crippen LogP contribution in [0.25, 0.3) is 11.4 Å². The summed E-state index contributed by atoms with van der Waals surface area (Å²) < 4.78 is 43.9. The molecule has 2 fully saturated rings. The Balaban J connectivity index is 1.44. The fourth-order valence-electron chi connectivity index (χ4n) is 3.78. The summed E-state index contributed by atoms with van der Waals surface area (Å²) in [6.45, 7) is 4.49. The summed E-state index contributed by atoms with van der Waals surface area (Å²) in [6, 6.07) is 5.75. The zero-order valence-corrected chi connectivity index (χ0v) is 19.2. The van der Waals surface area contributed by atoms with E-state index in [-0.39, 0.29) is 35.0 Å². The van der Waals surface area contributed by atoms with Crippen molar-refractivity contribution in [2.24, 2.45) is 0 Å². The Hall–Kier alpha value is -2.02. The highest BCUT2D eigenvalue weighted by atomic mass is 32.2. The number of amides is 1. The van der Waals surface area contributed by atoms with Gasteiger partial charge in [0, 0.05) is 37.8 Å². The monoisotopic (exact) mass is 483 g/mol. The first-order valence-electron chi connectivity index (χ1n) is 10.5. The number of carbonyl (C=O) groups excluding carboxylic acids is 1. The largest absolute Gasteiger partial charge is 0.379 e. The first-order chi connectivity index (χ1) is 15.4. The van der Waals surface area contributed by atoms with Crippen LogP contribution in [0.5, 0.6) is 0 Å². The van der Waals surface area contributed by atoms with Crippen molar-refractivity contribution in [3.05, 3.63) is 30.1 Å². The van der Waals surface area contributed by atoms with E-state index in [4.69, 9.17) is 4.74 Å². The number of morpholine rings is 1. The number of carbonyl (C=O) groups is 1. The van der Waals surface area contributed by atoms with Crippen LogP contribution < -0.4 is 5.32 Å². The molecule has 2 aliphatic rings. The van der Waals surface area contributed by atoms with Crippen LogP contribution in [0.15, 0.2) is 29.4 Å². The van der Waals surface area contributed by atoms with Crippen molar-refractivity contribution in [1.29, 1.82) is 0 Å². The van der Waals surface area contributed by atoms with Crippen molar-refractivity contribution in [2.75, 3.05) is 50.1 Å². The van der Waals surface area contributed by atoms with Crippen LogP contribution in [-0.2, 0) is 25.9 Å². The molecule has 0 saturated carbocycles. The Labute approximate surface area is 190 Å². The molecule has 1 N–H and O–H groups in total. The van der Waals surface area contributed by atoms with Gasteiger partial charge in [0.25, 0.3) is 0 Å². The van der Waals surface area contributed by atoms with Gasteiger partial charge in [0.1, 0.15) is 5.82 Å². The summed E-state index contributed by atoms with van der Waals surface area (Å²) in [6.07, 6.45) is 0.448. The van der Waals surface area contributed by atoms with Crippen LogP contribution in [-0.4, -0.2) is 90.1 Å². The van der Waals surface area contributed by atoms with Crippen LogP contribution in [0.2, 0.25) is 0 Å². The Morgan fingerprint density at radius 1 is 1.19 bits per heavy atom. The van der Waals surface area contributed by atoms with Gasteiger partial charge in [-0.3, -0.25) is 9.69 Å². The van der Waals surface area contributed by atoms with Gasteiger partial charge in [-0.2, -0.15) is 0 Å². The average molecular weight is 484 g/mol. The van der Waals surface area contributed by atoms with Gasteiger partial charge in [-0.15, -0.1) is 10.2 Å². The standard InChI is InChI=1S/C20H26FN5O4S2/c21-16-3-1-15(2-4-16)19-23-24-20(26(19)7-6-25-8-10-30-11-9-25)31-13-18(27)22-17-5-12-32(28,29)14-17/h1-4,17H,5-14H2,(H,22,27)/t17-/m1/s1. The van der Waals surface area contributed by atoms with Gasteiger partial charge >= 0.3 is 0 Å². The topological polar surface area (TPSA) is 106 Å². The molecular weight excluding hydrogens is 457 g/mol. The fraction of sp³-hybridized carbons (Fsp3) is 0.550. The summed E-state index contributed by atoms with van der Waals surface area (Å²) in [4.78, 5) is 14.7. The first kappa shape index (κ1) is 23.1. The number of nitrogens with zero attached hydrogens (tertiary/aromatic N) is 4. The SMILES string of the molecule is O=C(CSc1nnc(-c2ccc(F)cc2)n1CCN1CCOCC1)N[C@@H]1CCS(=O)(=O)C1. The van der Waals surface area contributed by atoms with Crippen molar-refractivity contribution in [3.8, 4) is 11.4 Å². The maximum atomic E-state index is 13.4. The maximum Gasteiger partial charge on any atom is 0.230 e. The molecule has 2 aromatic rings. The summed E-state index contributed by atoms with van der Waals surface area (Å²) in [5.41, 5.74) is 0.744. The number of rotatable bonds is 8.